The topological polar surface area (TPSA) is 47.9 Å². The van der Waals surface area contributed by atoms with Crippen molar-refractivity contribution in [1.82, 2.24) is 15.1 Å². The van der Waals surface area contributed by atoms with Crippen LogP contribution in [0.3, 0.4) is 0 Å². The number of rotatable bonds is 4. The molecule has 0 aromatic carbocycles. The standard InChI is InChI=1S/C13H26N4O.HI/c1-16(2)13(17(3)4)14-10-9-12(18)15-11-7-5-6-8-11;/h11H,5-10H2,1-4H3,(H,15,18);1H. The van der Waals surface area contributed by atoms with E-state index in [2.05, 4.69) is 10.3 Å². The summed E-state index contributed by atoms with van der Waals surface area (Å²) >= 11 is 0. The summed E-state index contributed by atoms with van der Waals surface area (Å²) in [5.74, 6) is 1.02. The zero-order valence-corrected chi connectivity index (χ0v) is 14.8. The van der Waals surface area contributed by atoms with E-state index in [0.29, 0.717) is 19.0 Å². The number of amides is 1. The van der Waals surface area contributed by atoms with Crippen LogP contribution in [0.2, 0.25) is 0 Å². The number of carbonyl (C=O) groups is 1. The molecule has 1 aliphatic carbocycles. The van der Waals surface area contributed by atoms with Crippen LogP contribution in [0.1, 0.15) is 32.1 Å². The number of guanidine groups is 1. The lowest BCUT2D eigenvalue weighted by atomic mass is 10.2. The van der Waals surface area contributed by atoms with Gasteiger partial charge in [0.2, 0.25) is 5.91 Å². The van der Waals surface area contributed by atoms with Crippen LogP contribution in [-0.2, 0) is 4.79 Å². The van der Waals surface area contributed by atoms with Gasteiger partial charge < -0.3 is 15.1 Å². The van der Waals surface area contributed by atoms with Crippen molar-refractivity contribution < 1.29 is 4.79 Å². The largest absolute Gasteiger partial charge is 0.353 e. The normalized spacial score (nSPS) is 14.5. The van der Waals surface area contributed by atoms with Crippen LogP contribution in [0.15, 0.2) is 4.99 Å². The Morgan fingerprint density at radius 3 is 2.16 bits per heavy atom. The molecule has 1 amide bonds. The molecule has 0 atom stereocenters. The molecular weight excluding hydrogens is 355 g/mol. The van der Waals surface area contributed by atoms with Crippen molar-refractivity contribution in [3.63, 3.8) is 0 Å². The summed E-state index contributed by atoms with van der Waals surface area (Å²) < 4.78 is 0. The third kappa shape index (κ3) is 6.98. The second kappa shape index (κ2) is 9.39. The maximum atomic E-state index is 11.7. The molecule has 5 nitrogen and oxygen atoms in total. The lowest BCUT2D eigenvalue weighted by Gasteiger charge is -2.22. The maximum Gasteiger partial charge on any atom is 0.222 e. The lowest BCUT2D eigenvalue weighted by Crippen LogP contribution is -2.36. The maximum absolute atomic E-state index is 11.7. The van der Waals surface area contributed by atoms with E-state index in [-0.39, 0.29) is 29.9 Å². The molecule has 0 bridgehead atoms. The van der Waals surface area contributed by atoms with Gasteiger partial charge in [-0.15, -0.1) is 24.0 Å². The summed E-state index contributed by atoms with van der Waals surface area (Å²) in [6.45, 7) is 0.546. The van der Waals surface area contributed by atoms with E-state index in [9.17, 15) is 4.79 Å². The quantitative estimate of drug-likeness (QED) is 0.456. The van der Waals surface area contributed by atoms with Crippen LogP contribution in [-0.4, -0.2) is 62.4 Å². The van der Waals surface area contributed by atoms with Gasteiger partial charge in [-0.1, -0.05) is 12.8 Å². The molecule has 0 spiro atoms. The predicted octanol–water partition coefficient (Wildman–Crippen LogP) is 1.53. The summed E-state index contributed by atoms with van der Waals surface area (Å²) in [6, 6.07) is 0.406. The van der Waals surface area contributed by atoms with Crippen LogP contribution in [0.25, 0.3) is 0 Å². The average molecular weight is 382 g/mol. The molecule has 1 fully saturated rings. The molecule has 1 saturated carbocycles. The van der Waals surface area contributed by atoms with Crippen molar-refractivity contribution in [2.45, 2.75) is 38.1 Å². The van der Waals surface area contributed by atoms with Crippen molar-refractivity contribution in [3.8, 4) is 0 Å². The van der Waals surface area contributed by atoms with Gasteiger partial charge >= 0.3 is 0 Å². The fraction of sp³-hybridized carbons (Fsp3) is 0.846. The molecular formula is C13H27IN4O. The smallest absolute Gasteiger partial charge is 0.222 e. The number of halogens is 1. The van der Waals surface area contributed by atoms with Crippen molar-refractivity contribution >= 4 is 35.8 Å². The molecule has 19 heavy (non-hydrogen) atoms. The number of nitrogens with zero attached hydrogens (tertiary/aromatic N) is 3. The molecule has 1 rings (SSSR count). The molecule has 0 heterocycles. The van der Waals surface area contributed by atoms with Gasteiger partial charge in [-0.25, -0.2) is 0 Å². The van der Waals surface area contributed by atoms with Crippen molar-refractivity contribution in [2.24, 2.45) is 4.99 Å². The molecule has 0 unspecified atom stereocenters. The van der Waals surface area contributed by atoms with Crippen LogP contribution in [0.4, 0.5) is 0 Å². The van der Waals surface area contributed by atoms with E-state index in [1.54, 1.807) is 0 Å². The van der Waals surface area contributed by atoms with Crippen molar-refractivity contribution in [1.29, 1.82) is 0 Å². The summed E-state index contributed by atoms with van der Waals surface area (Å²) in [5, 5.41) is 3.08. The van der Waals surface area contributed by atoms with Gasteiger partial charge in [0, 0.05) is 40.7 Å². The Morgan fingerprint density at radius 2 is 1.68 bits per heavy atom. The van der Waals surface area contributed by atoms with Gasteiger partial charge in [-0.2, -0.15) is 0 Å². The first-order chi connectivity index (χ1) is 8.50. The second-order valence-electron chi connectivity index (χ2n) is 5.27. The Morgan fingerprint density at radius 1 is 1.16 bits per heavy atom. The van der Waals surface area contributed by atoms with Crippen molar-refractivity contribution in [3.05, 3.63) is 0 Å². The highest BCUT2D eigenvalue weighted by Crippen LogP contribution is 2.17. The monoisotopic (exact) mass is 382 g/mol. The van der Waals surface area contributed by atoms with E-state index in [4.69, 9.17) is 0 Å². The first-order valence-electron chi connectivity index (χ1n) is 6.69. The fourth-order valence-electron chi connectivity index (χ4n) is 2.31. The number of hydrogen-bond acceptors (Lipinski definition) is 2. The Hall–Kier alpha value is -0.530. The van der Waals surface area contributed by atoms with Gasteiger partial charge in [0.25, 0.3) is 0 Å². The van der Waals surface area contributed by atoms with Gasteiger partial charge in [0.1, 0.15) is 0 Å². The highest BCUT2D eigenvalue weighted by atomic mass is 127. The van der Waals surface area contributed by atoms with Gasteiger partial charge in [0.05, 0.1) is 6.54 Å². The van der Waals surface area contributed by atoms with Gasteiger partial charge in [-0.05, 0) is 12.8 Å². The molecule has 1 aliphatic rings. The van der Waals surface area contributed by atoms with E-state index >= 15 is 0 Å². The predicted molar refractivity (Wildman–Crippen MR) is 90.1 cm³/mol. The average Bonchev–Trinajstić information content (AvgIpc) is 2.75. The minimum atomic E-state index is 0. The third-order valence-corrected chi connectivity index (χ3v) is 3.11. The fourth-order valence-corrected chi connectivity index (χ4v) is 2.31. The minimum Gasteiger partial charge on any atom is -0.353 e. The minimum absolute atomic E-state index is 0. The summed E-state index contributed by atoms with van der Waals surface area (Å²) in [6.07, 6.45) is 5.23. The zero-order valence-electron chi connectivity index (χ0n) is 12.5. The molecule has 0 aromatic heterocycles. The molecule has 0 saturated heterocycles. The Labute approximate surface area is 133 Å². The molecule has 1 N–H and O–H groups in total. The second-order valence-corrected chi connectivity index (χ2v) is 5.27. The summed E-state index contributed by atoms with van der Waals surface area (Å²) in [5.41, 5.74) is 0. The van der Waals surface area contributed by atoms with E-state index in [0.717, 1.165) is 18.8 Å². The number of aliphatic imine (C=N–C) groups is 1. The summed E-state index contributed by atoms with van der Waals surface area (Å²) in [4.78, 5) is 20.1. The van der Waals surface area contributed by atoms with E-state index < -0.39 is 0 Å². The van der Waals surface area contributed by atoms with E-state index in [1.807, 2.05) is 38.0 Å². The number of nitrogens with one attached hydrogen (secondary N) is 1. The highest BCUT2D eigenvalue weighted by Gasteiger charge is 2.16. The van der Waals surface area contributed by atoms with E-state index in [1.165, 1.54) is 12.8 Å². The summed E-state index contributed by atoms with van der Waals surface area (Å²) in [7, 11) is 7.82. The first kappa shape index (κ1) is 18.5. The van der Waals surface area contributed by atoms with Crippen LogP contribution in [0.5, 0.6) is 0 Å². The molecule has 112 valence electrons. The Balaban J connectivity index is 0.00000324. The molecule has 6 heteroatoms. The van der Waals surface area contributed by atoms with Crippen LogP contribution >= 0.6 is 24.0 Å². The molecule has 0 aliphatic heterocycles. The van der Waals surface area contributed by atoms with Crippen molar-refractivity contribution in [2.75, 3.05) is 34.7 Å². The SMILES string of the molecule is CN(C)C(=NCCC(=O)NC1CCCC1)N(C)C.I. The Bertz CT molecular complexity index is 289. The number of carbonyl (C=O) groups excluding carboxylic acids is 1. The first-order valence-corrected chi connectivity index (χ1v) is 6.69. The third-order valence-electron chi connectivity index (χ3n) is 3.11. The number of hydrogen-bond donors (Lipinski definition) is 1. The van der Waals surface area contributed by atoms with Crippen LogP contribution in [0, 0.1) is 0 Å². The molecule has 0 aromatic rings. The highest BCUT2D eigenvalue weighted by molar-refractivity contribution is 14.0. The Kier molecular flexibility index (Phi) is 9.12. The lowest BCUT2D eigenvalue weighted by molar-refractivity contribution is -0.121. The zero-order chi connectivity index (χ0) is 13.5. The van der Waals surface area contributed by atoms with Crippen LogP contribution < -0.4 is 5.32 Å². The van der Waals surface area contributed by atoms with Gasteiger partial charge in [-0.3, -0.25) is 9.79 Å². The van der Waals surface area contributed by atoms with Gasteiger partial charge in [0.15, 0.2) is 5.96 Å². The molecule has 0 radical (unpaired) electrons.